The molecule has 1 saturated carbocycles. The van der Waals surface area contributed by atoms with Crippen molar-refractivity contribution < 1.29 is 4.92 Å². The summed E-state index contributed by atoms with van der Waals surface area (Å²) in [5.41, 5.74) is 1.70. The fourth-order valence-electron chi connectivity index (χ4n) is 2.15. The van der Waals surface area contributed by atoms with Gasteiger partial charge in [0.25, 0.3) is 5.69 Å². The van der Waals surface area contributed by atoms with Crippen LogP contribution in [0.5, 0.6) is 0 Å². The van der Waals surface area contributed by atoms with Crippen LogP contribution in [0.25, 0.3) is 0 Å². The van der Waals surface area contributed by atoms with Crippen molar-refractivity contribution in [3.8, 4) is 0 Å². The largest absolute Gasteiger partial charge is 0.310 e. The van der Waals surface area contributed by atoms with E-state index in [1.54, 1.807) is 23.0 Å². The first-order chi connectivity index (χ1) is 10.1. The minimum Gasteiger partial charge on any atom is -0.310 e. The van der Waals surface area contributed by atoms with Crippen molar-refractivity contribution in [3.05, 3.63) is 56.9 Å². The standard InChI is InChI=1S/C14H15ClN4O2/c15-12-2-1-11(14(5-12)19(20)21)9-18-8-10(7-17-18)6-16-13-3-4-13/h1-2,5,7-8,13,16H,3-4,6,9H2. The van der Waals surface area contributed by atoms with Gasteiger partial charge >= 0.3 is 0 Å². The smallest absolute Gasteiger partial charge is 0.275 e. The molecule has 0 atom stereocenters. The Hall–Kier alpha value is -1.92. The second-order valence-corrected chi connectivity index (χ2v) is 5.67. The summed E-state index contributed by atoms with van der Waals surface area (Å²) in [5.74, 6) is 0. The summed E-state index contributed by atoms with van der Waals surface area (Å²) in [6.07, 6.45) is 6.18. The molecular formula is C14H15ClN4O2. The molecule has 3 rings (SSSR count). The highest BCUT2D eigenvalue weighted by Gasteiger charge is 2.20. The molecule has 6 nitrogen and oxygen atoms in total. The lowest BCUT2D eigenvalue weighted by Gasteiger charge is -2.04. The summed E-state index contributed by atoms with van der Waals surface area (Å²) in [7, 11) is 0. The highest BCUT2D eigenvalue weighted by Crippen LogP contribution is 2.24. The van der Waals surface area contributed by atoms with Gasteiger partial charge in [0.05, 0.1) is 23.2 Å². The number of hydrogen-bond acceptors (Lipinski definition) is 4. The second kappa shape index (κ2) is 5.83. The number of benzene rings is 1. The van der Waals surface area contributed by atoms with Gasteiger partial charge in [-0.15, -0.1) is 0 Å². The normalized spacial score (nSPS) is 14.3. The van der Waals surface area contributed by atoms with Crippen LogP contribution in [0.15, 0.2) is 30.6 Å². The number of halogens is 1. The third-order valence-electron chi connectivity index (χ3n) is 3.44. The van der Waals surface area contributed by atoms with Gasteiger partial charge in [-0.2, -0.15) is 5.10 Å². The van der Waals surface area contributed by atoms with Gasteiger partial charge in [0.2, 0.25) is 0 Å². The molecule has 0 saturated heterocycles. The number of aromatic nitrogens is 2. The summed E-state index contributed by atoms with van der Waals surface area (Å²) < 4.78 is 1.71. The van der Waals surface area contributed by atoms with E-state index in [1.807, 2.05) is 6.20 Å². The van der Waals surface area contributed by atoms with E-state index >= 15 is 0 Å². The maximum atomic E-state index is 11.1. The van der Waals surface area contributed by atoms with Gasteiger partial charge in [-0.3, -0.25) is 14.8 Å². The number of nitrogens with zero attached hydrogens (tertiary/aromatic N) is 3. The van der Waals surface area contributed by atoms with E-state index < -0.39 is 4.92 Å². The molecule has 2 aromatic rings. The lowest BCUT2D eigenvalue weighted by Crippen LogP contribution is -2.14. The SMILES string of the molecule is O=[N+]([O-])c1cc(Cl)ccc1Cn1cc(CNC2CC2)cn1. The van der Waals surface area contributed by atoms with Gasteiger partial charge in [0.15, 0.2) is 0 Å². The Morgan fingerprint density at radius 1 is 1.48 bits per heavy atom. The molecule has 0 radical (unpaired) electrons. The average molecular weight is 307 g/mol. The topological polar surface area (TPSA) is 73.0 Å². The molecule has 1 aromatic carbocycles. The molecule has 0 spiro atoms. The molecule has 7 heteroatoms. The average Bonchev–Trinajstić information content (AvgIpc) is 3.18. The zero-order valence-corrected chi connectivity index (χ0v) is 12.1. The minimum atomic E-state index is -0.416. The van der Waals surface area contributed by atoms with E-state index in [0.29, 0.717) is 23.2 Å². The highest BCUT2D eigenvalue weighted by molar-refractivity contribution is 6.30. The van der Waals surface area contributed by atoms with Crippen LogP contribution >= 0.6 is 11.6 Å². The van der Waals surface area contributed by atoms with Crippen molar-refractivity contribution in [1.29, 1.82) is 0 Å². The van der Waals surface area contributed by atoms with E-state index in [4.69, 9.17) is 11.6 Å². The maximum absolute atomic E-state index is 11.1. The first kappa shape index (κ1) is 14.0. The van der Waals surface area contributed by atoms with Crippen LogP contribution in [0.4, 0.5) is 5.69 Å². The van der Waals surface area contributed by atoms with Gasteiger partial charge in [0, 0.05) is 35.4 Å². The number of nitro groups is 1. The monoisotopic (exact) mass is 306 g/mol. The molecule has 110 valence electrons. The zero-order valence-electron chi connectivity index (χ0n) is 11.3. The van der Waals surface area contributed by atoms with Gasteiger partial charge in [-0.1, -0.05) is 11.6 Å². The predicted molar refractivity (Wildman–Crippen MR) is 79.3 cm³/mol. The van der Waals surface area contributed by atoms with Crippen LogP contribution in [-0.2, 0) is 13.1 Å². The van der Waals surface area contributed by atoms with Crippen LogP contribution in [0.2, 0.25) is 5.02 Å². The van der Waals surface area contributed by atoms with Crippen LogP contribution in [-0.4, -0.2) is 20.7 Å². The Labute approximate surface area is 126 Å². The van der Waals surface area contributed by atoms with Crippen LogP contribution in [0.3, 0.4) is 0 Å². The van der Waals surface area contributed by atoms with Crippen molar-refractivity contribution in [1.82, 2.24) is 15.1 Å². The molecule has 0 aliphatic heterocycles. The summed E-state index contributed by atoms with van der Waals surface area (Å²) in [4.78, 5) is 10.6. The molecule has 0 unspecified atom stereocenters. The maximum Gasteiger partial charge on any atom is 0.275 e. The Kier molecular flexibility index (Phi) is 3.90. The first-order valence-electron chi connectivity index (χ1n) is 6.79. The van der Waals surface area contributed by atoms with Crippen LogP contribution < -0.4 is 5.32 Å². The third-order valence-corrected chi connectivity index (χ3v) is 3.67. The van der Waals surface area contributed by atoms with E-state index in [2.05, 4.69) is 10.4 Å². The Balaban J connectivity index is 1.72. The van der Waals surface area contributed by atoms with Crippen LogP contribution in [0, 0.1) is 10.1 Å². The van der Waals surface area contributed by atoms with Crippen molar-refractivity contribution in [2.75, 3.05) is 0 Å². The molecule has 0 bridgehead atoms. The van der Waals surface area contributed by atoms with E-state index in [-0.39, 0.29) is 5.69 Å². The number of nitrogens with one attached hydrogen (secondary N) is 1. The van der Waals surface area contributed by atoms with Crippen LogP contribution in [0.1, 0.15) is 24.0 Å². The molecule has 1 fully saturated rings. The predicted octanol–water partition coefficient (Wildman–Crippen LogP) is 2.75. The molecule has 1 aliphatic carbocycles. The third kappa shape index (κ3) is 3.59. The zero-order chi connectivity index (χ0) is 14.8. The first-order valence-corrected chi connectivity index (χ1v) is 7.17. The number of nitro benzene ring substituents is 1. The molecule has 1 aromatic heterocycles. The Morgan fingerprint density at radius 3 is 3.00 bits per heavy atom. The van der Waals surface area contributed by atoms with Crippen molar-refractivity contribution in [2.45, 2.75) is 32.0 Å². The molecule has 1 N–H and O–H groups in total. The molecule has 21 heavy (non-hydrogen) atoms. The summed E-state index contributed by atoms with van der Waals surface area (Å²) in [6.45, 7) is 1.14. The summed E-state index contributed by atoms with van der Waals surface area (Å²) >= 11 is 5.81. The fraction of sp³-hybridized carbons (Fsp3) is 0.357. The van der Waals surface area contributed by atoms with Crippen molar-refractivity contribution >= 4 is 17.3 Å². The van der Waals surface area contributed by atoms with Gasteiger partial charge in [-0.25, -0.2) is 0 Å². The fourth-order valence-corrected chi connectivity index (χ4v) is 2.32. The highest BCUT2D eigenvalue weighted by atomic mass is 35.5. The van der Waals surface area contributed by atoms with E-state index in [0.717, 1.165) is 12.1 Å². The van der Waals surface area contributed by atoms with E-state index in [1.165, 1.54) is 18.9 Å². The summed E-state index contributed by atoms with van der Waals surface area (Å²) in [5, 5.41) is 19.1. The lowest BCUT2D eigenvalue weighted by molar-refractivity contribution is -0.385. The Bertz CT molecular complexity index is 667. The second-order valence-electron chi connectivity index (χ2n) is 5.23. The quantitative estimate of drug-likeness (QED) is 0.658. The lowest BCUT2D eigenvalue weighted by atomic mass is 10.2. The Morgan fingerprint density at radius 2 is 2.29 bits per heavy atom. The number of rotatable bonds is 6. The van der Waals surface area contributed by atoms with Crippen molar-refractivity contribution in [2.24, 2.45) is 0 Å². The van der Waals surface area contributed by atoms with Gasteiger partial charge in [0.1, 0.15) is 0 Å². The minimum absolute atomic E-state index is 0.0238. The van der Waals surface area contributed by atoms with Gasteiger partial charge in [-0.05, 0) is 25.0 Å². The van der Waals surface area contributed by atoms with Crippen molar-refractivity contribution in [3.63, 3.8) is 0 Å². The molecular weight excluding hydrogens is 292 g/mol. The molecule has 1 aliphatic rings. The number of hydrogen-bond donors (Lipinski definition) is 1. The molecule has 0 amide bonds. The van der Waals surface area contributed by atoms with Gasteiger partial charge < -0.3 is 5.32 Å². The van der Waals surface area contributed by atoms with E-state index in [9.17, 15) is 10.1 Å². The summed E-state index contributed by atoms with van der Waals surface area (Å²) in [6, 6.07) is 5.34. The molecule has 1 heterocycles.